The summed E-state index contributed by atoms with van der Waals surface area (Å²) in [5.41, 5.74) is 9.49. The molecule has 0 fully saturated rings. The SMILES string of the molecule is CC(C)(C)C#Cc1ccc2c(c1)C1(COC(N)=N1)c1cc(-c3cccnc3)cnc1O2. The Hall–Kier alpha value is -3.85. The smallest absolute Gasteiger partial charge is 0.283 e. The molecule has 0 saturated carbocycles. The summed E-state index contributed by atoms with van der Waals surface area (Å²) in [6.45, 7) is 6.53. The number of nitrogens with zero attached hydrogens (tertiary/aromatic N) is 3. The Balaban J connectivity index is 1.69. The molecule has 31 heavy (non-hydrogen) atoms. The fourth-order valence-electron chi connectivity index (χ4n) is 3.76. The number of ether oxygens (including phenoxy) is 2. The van der Waals surface area contributed by atoms with E-state index >= 15 is 0 Å². The Labute approximate surface area is 181 Å². The number of pyridine rings is 2. The summed E-state index contributed by atoms with van der Waals surface area (Å²) in [5.74, 6) is 7.72. The van der Waals surface area contributed by atoms with Crippen LogP contribution < -0.4 is 10.5 Å². The molecule has 2 aliphatic heterocycles. The van der Waals surface area contributed by atoms with E-state index in [2.05, 4.69) is 42.6 Å². The Morgan fingerprint density at radius 2 is 1.94 bits per heavy atom. The van der Waals surface area contributed by atoms with Crippen molar-refractivity contribution in [1.29, 1.82) is 0 Å². The summed E-state index contributed by atoms with van der Waals surface area (Å²) in [6, 6.07) is 11.9. The van der Waals surface area contributed by atoms with Crippen LogP contribution in [-0.2, 0) is 10.3 Å². The molecular formula is C25H22N4O2. The zero-order chi connectivity index (χ0) is 21.6. The molecule has 6 heteroatoms. The molecule has 2 N–H and O–H groups in total. The van der Waals surface area contributed by atoms with E-state index < -0.39 is 5.54 Å². The van der Waals surface area contributed by atoms with Crippen molar-refractivity contribution in [2.75, 3.05) is 6.61 Å². The second kappa shape index (κ2) is 6.85. The van der Waals surface area contributed by atoms with Gasteiger partial charge in [0.2, 0.25) is 5.88 Å². The van der Waals surface area contributed by atoms with Gasteiger partial charge in [-0.25, -0.2) is 9.98 Å². The average molecular weight is 410 g/mol. The first-order valence-electron chi connectivity index (χ1n) is 10.1. The molecule has 4 heterocycles. The van der Waals surface area contributed by atoms with Gasteiger partial charge in [-0.3, -0.25) is 4.98 Å². The Morgan fingerprint density at radius 3 is 2.65 bits per heavy atom. The first-order valence-corrected chi connectivity index (χ1v) is 10.1. The maximum Gasteiger partial charge on any atom is 0.283 e. The first-order chi connectivity index (χ1) is 14.8. The molecule has 0 saturated heterocycles. The van der Waals surface area contributed by atoms with Crippen molar-refractivity contribution in [3.8, 4) is 34.6 Å². The van der Waals surface area contributed by atoms with E-state index in [4.69, 9.17) is 20.2 Å². The van der Waals surface area contributed by atoms with Crippen molar-refractivity contribution in [2.45, 2.75) is 26.3 Å². The normalized spacial score (nSPS) is 18.7. The van der Waals surface area contributed by atoms with Crippen LogP contribution in [0.2, 0.25) is 0 Å². The molecule has 3 aromatic rings. The number of amidine groups is 1. The van der Waals surface area contributed by atoms with Crippen molar-refractivity contribution in [2.24, 2.45) is 16.1 Å². The van der Waals surface area contributed by atoms with E-state index in [9.17, 15) is 0 Å². The van der Waals surface area contributed by atoms with Crippen LogP contribution in [0.5, 0.6) is 11.6 Å². The van der Waals surface area contributed by atoms with Gasteiger partial charge in [0, 0.05) is 46.3 Å². The van der Waals surface area contributed by atoms with Crippen molar-refractivity contribution in [3.05, 3.63) is 71.7 Å². The largest absolute Gasteiger partial charge is 0.462 e. The van der Waals surface area contributed by atoms with Crippen LogP contribution in [0, 0.1) is 17.3 Å². The molecule has 5 rings (SSSR count). The second-order valence-corrected chi connectivity index (χ2v) is 8.73. The quantitative estimate of drug-likeness (QED) is 0.607. The lowest BCUT2D eigenvalue weighted by Gasteiger charge is -2.33. The number of aromatic nitrogens is 2. The number of hydrogen-bond donors (Lipinski definition) is 1. The summed E-state index contributed by atoms with van der Waals surface area (Å²) >= 11 is 0. The highest BCUT2D eigenvalue weighted by atomic mass is 16.5. The Morgan fingerprint density at radius 1 is 1.06 bits per heavy atom. The fourth-order valence-corrected chi connectivity index (χ4v) is 3.76. The van der Waals surface area contributed by atoms with Crippen LogP contribution >= 0.6 is 0 Å². The zero-order valence-corrected chi connectivity index (χ0v) is 17.6. The molecule has 6 nitrogen and oxygen atoms in total. The maximum absolute atomic E-state index is 6.15. The van der Waals surface area contributed by atoms with Gasteiger partial charge in [0.25, 0.3) is 6.02 Å². The molecule has 2 aromatic heterocycles. The lowest BCUT2D eigenvalue weighted by atomic mass is 9.81. The van der Waals surface area contributed by atoms with Crippen LogP contribution in [0.4, 0.5) is 0 Å². The fraction of sp³-hybridized carbons (Fsp3) is 0.240. The molecule has 0 amide bonds. The van der Waals surface area contributed by atoms with Gasteiger partial charge in [0.1, 0.15) is 12.4 Å². The minimum absolute atomic E-state index is 0.0989. The predicted octanol–water partition coefficient (Wildman–Crippen LogP) is 4.24. The monoisotopic (exact) mass is 410 g/mol. The van der Waals surface area contributed by atoms with E-state index in [-0.39, 0.29) is 18.0 Å². The first kappa shape index (κ1) is 19.1. The van der Waals surface area contributed by atoms with E-state index in [1.807, 2.05) is 36.4 Å². The molecule has 1 atom stereocenters. The highest BCUT2D eigenvalue weighted by Crippen LogP contribution is 2.50. The van der Waals surface area contributed by atoms with Crippen molar-refractivity contribution in [1.82, 2.24) is 9.97 Å². The summed E-state index contributed by atoms with van der Waals surface area (Å²) in [6.07, 6.45) is 5.32. The Kier molecular flexibility index (Phi) is 4.23. The van der Waals surface area contributed by atoms with Gasteiger partial charge in [-0.05, 0) is 51.1 Å². The van der Waals surface area contributed by atoms with Crippen molar-refractivity contribution in [3.63, 3.8) is 0 Å². The van der Waals surface area contributed by atoms with Crippen LogP contribution in [0.1, 0.15) is 37.5 Å². The number of nitrogens with two attached hydrogens (primary N) is 1. The number of benzene rings is 1. The highest BCUT2D eigenvalue weighted by Gasteiger charge is 2.47. The summed E-state index contributed by atoms with van der Waals surface area (Å²) in [5, 5.41) is 0. The minimum atomic E-state index is -0.836. The second-order valence-electron chi connectivity index (χ2n) is 8.73. The van der Waals surface area contributed by atoms with Gasteiger partial charge in [0.15, 0.2) is 5.54 Å². The standard InChI is InChI=1S/C25H22N4O2/c1-24(2,3)9-8-16-6-7-21-19(11-16)25(15-30-23(26)29-25)20-12-18(14-28-22(20)31-21)17-5-4-10-27-13-17/h4-7,10-14H,15H2,1-3H3,(H2,26,29). The molecule has 0 radical (unpaired) electrons. The zero-order valence-electron chi connectivity index (χ0n) is 17.6. The molecule has 0 bridgehead atoms. The summed E-state index contributed by atoms with van der Waals surface area (Å²) < 4.78 is 11.8. The average Bonchev–Trinajstić information content (AvgIpc) is 3.15. The van der Waals surface area contributed by atoms with Gasteiger partial charge in [-0.2, -0.15) is 0 Å². The number of fused-ring (bicyclic) bond motifs is 4. The molecule has 1 unspecified atom stereocenters. The van der Waals surface area contributed by atoms with Gasteiger partial charge < -0.3 is 15.2 Å². The van der Waals surface area contributed by atoms with Gasteiger partial charge in [-0.15, -0.1) is 0 Å². The number of rotatable bonds is 1. The van der Waals surface area contributed by atoms with E-state index in [1.165, 1.54) is 0 Å². The number of hydrogen-bond acceptors (Lipinski definition) is 6. The highest BCUT2D eigenvalue weighted by molar-refractivity contribution is 5.77. The number of aliphatic imine (C=N–C) groups is 1. The lowest BCUT2D eigenvalue weighted by molar-refractivity contribution is 0.262. The molecule has 1 aromatic carbocycles. The lowest BCUT2D eigenvalue weighted by Crippen LogP contribution is -2.31. The third-order valence-electron chi connectivity index (χ3n) is 5.24. The van der Waals surface area contributed by atoms with Crippen LogP contribution in [0.15, 0.2) is 60.0 Å². The molecule has 154 valence electrons. The molecule has 0 aliphatic carbocycles. The summed E-state index contributed by atoms with van der Waals surface area (Å²) in [7, 11) is 0. The van der Waals surface area contributed by atoms with Crippen molar-refractivity contribution < 1.29 is 9.47 Å². The topological polar surface area (TPSA) is 82.6 Å². The third-order valence-corrected chi connectivity index (χ3v) is 5.24. The van der Waals surface area contributed by atoms with Gasteiger partial charge in [0.05, 0.1) is 5.56 Å². The predicted molar refractivity (Wildman–Crippen MR) is 119 cm³/mol. The van der Waals surface area contributed by atoms with E-state index in [0.717, 1.165) is 27.8 Å². The van der Waals surface area contributed by atoms with Crippen LogP contribution in [0.25, 0.3) is 11.1 Å². The van der Waals surface area contributed by atoms with E-state index in [0.29, 0.717) is 11.6 Å². The van der Waals surface area contributed by atoms with Gasteiger partial charge >= 0.3 is 0 Å². The van der Waals surface area contributed by atoms with Crippen LogP contribution in [0.3, 0.4) is 0 Å². The summed E-state index contributed by atoms with van der Waals surface area (Å²) in [4.78, 5) is 13.5. The molecular weight excluding hydrogens is 388 g/mol. The minimum Gasteiger partial charge on any atom is -0.462 e. The van der Waals surface area contributed by atoms with Crippen molar-refractivity contribution >= 4 is 6.02 Å². The van der Waals surface area contributed by atoms with Crippen LogP contribution in [-0.4, -0.2) is 22.6 Å². The maximum atomic E-state index is 6.15. The Bertz CT molecular complexity index is 1270. The van der Waals surface area contributed by atoms with E-state index in [1.54, 1.807) is 18.6 Å². The molecule has 2 aliphatic rings. The van der Waals surface area contributed by atoms with Gasteiger partial charge in [-0.1, -0.05) is 17.9 Å². The molecule has 1 spiro atoms. The third kappa shape index (κ3) is 3.38.